The maximum absolute atomic E-state index is 12.1. The number of ether oxygens (including phenoxy) is 2. The highest BCUT2D eigenvalue weighted by molar-refractivity contribution is 6.35. The molecule has 0 aliphatic heterocycles. The smallest absolute Gasteiger partial charge is 0.260 e. The third-order valence-corrected chi connectivity index (χ3v) is 3.98. The summed E-state index contributed by atoms with van der Waals surface area (Å²) in [5.74, 6) is 1.02. The van der Waals surface area contributed by atoms with E-state index in [0.717, 1.165) is 11.3 Å². The third kappa shape index (κ3) is 5.05. The van der Waals surface area contributed by atoms with Gasteiger partial charge in [-0.3, -0.25) is 4.79 Å². The standard InChI is InChI=1S/C18H19Cl2NO3/c1-12(24-17-8-7-14(19)11-15(17)20)18(22)21-10-9-13-5-3-4-6-16(13)23-2/h3-8,11-12H,9-10H2,1-2H3,(H,21,22). The minimum absolute atomic E-state index is 0.212. The molecule has 0 saturated heterocycles. The molecule has 0 spiro atoms. The van der Waals surface area contributed by atoms with Gasteiger partial charge in [0.2, 0.25) is 0 Å². The minimum Gasteiger partial charge on any atom is -0.496 e. The first-order chi connectivity index (χ1) is 11.5. The molecule has 0 saturated carbocycles. The predicted octanol–water partition coefficient (Wildman–Crippen LogP) is 4.13. The summed E-state index contributed by atoms with van der Waals surface area (Å²) in [6.07, 6.45) is 0.00539. The Kier molecular flexibility index (Phi) is 6.76. The van der Waals surface area contributed by atoms with Gasteiger partial charge in [0.1, 0.15) is 11.5 Å². The Balaban J connectivity index is 1.85. The van der Waals surface area contributed by atoms with Gasteiger partial charge in [0, 0.05) is 11.6 Å². The van der Waals surface area contributed by atoms with Crippen molar-refractivity contribution in [1.82, 2.24) is 5.32 Å². The van der Waals surface area contributed by atoms with E-state index < -0.39 is 6.10 Å². The van der Waals surface area contributed by atoms with Gasteiger partial charge in [-0.15, -0.1) is 0 Å². The second-order valence-electron chi connectivity index (χ2n) is 5.19. The van der Waals surface area contributed by atoms with E-state index in [1.807, 2.05) is 24.3 Å². The Hall–Kier alpha value is -1.91. The van der Waals surface area contributed by atoms with Crippen LogP contribution in [-0.4, -0.2) is 25.7 Å². The highest BCUT2D eigenvalue weighted by Crippen LogP contribution is 2.28. The van der Waals surface area contributed by atoms with E-state index in [4.69, 9.17) is 32.7 Å². The highest BCUT2D eigenvalue weighted by Gasteiger charge is 2.16. The zero-order valence-corrected chi connectivity index (χ0v) is 15.0. The summed E-state index contributed by atoms with van der Waals surface area (Å²) in [4.78, 5) is 12.1. The lowest BCUT2D eigenvalue weighted by Crippen LogP contribution is -2.37. The second kappa shape index (κ2) is 8.81. The zero-order valence-electron chi connectivity index (χ0n) is 13.5. The van der Waals surface area contributed by atoms with Crippen LogP contribution in [0.5, 0.6) is 11.5 Å². The minimum atomic E-state index is -0.665. The number of carbonyl (C=O) groups excluding carboxylic acids is 1. The van der Waals surface area contributed by atoms with Gasteiger partial charge in [-0.25, -0.2) is 0 Å². The first-order valence-electron chi connectivity index (χ1n) is 7.52. The largest absolute Gasteiger partial charge is 0.496 e. The van der Waals surface area contributed by atoms with Gasteiger partial charge in [0.25, 0.3) is 5.91 Å². The van der Waals surface area contributed by atoms with E-state index in [1.165, 1.54) is 0 Å². The number of carbonyl (C=O) groups is 1. The van der Waals surface area contributed by atoms with Crippen LogP contribution in [0.4, 0.5) is 0 Å². The topological polar surface area (TPSA) is 47.6 Å². The van der Waals surface area contributed by atoms with E-state index >= 15 is 0 Å². The van der Waals surface area contributed by atoms with Crippen LogP contribution in [-0.2, 0) is 11.2 Å². The van der Waals surface area contributed by atoms with Crippen LogP contribution >= 0.6 is 23.2 Å². The van der Waals surface area contributed by atoms with Gasteiger partial charge in [-0.1, -0.05) is 41.4 Å². The average Bonchev–Trinajstić information content (AvgIpc) is 2.57. The molecule has 1 amide bonds. The molecule has 24 heavy (non-hydrogen) atoms. The molecule has 0 fully saturated rings. The monoisotopic (exact) mass is 367 g/mol. The molecule has 1 N–H and O–H groups in total. The summed E-state index contributed by atoms with van der Waals surface area (Å²) < 4.78 is 10.9. The van der Waals surface area contributed by atoms with Crippen LogP contribution in [0, 0.1) is 0 Å². The van der Waals surface area contributed by atoms with Crippen molar-refractivity contribution in [3.05, 3.63) is 58.1 Å². The molecule has 2 rings (SSSR count). The Morgan fingerprint density at radius 3 is 2.62 bits per heavy atom. The molecule has 0 radical (unpaired) electrons. The molecule has 0 aromatic heterocycles. The Morgan fingerprint density at radius 2 is 1.92 bits per heavy atom. The number of amides is 1. The normalized spacial score (nSPS) is 11.7. The van der Waals surface area contributed by atoms with Crippen molar-refractivity contribution in [2.24, 2.45) is 0 Å². The van der Waals surface area contributed by atoms with Gasteiger partial charge in [0.15, 0.2) is 6.10 Å². The van der Waals surface area contributed by atoms with Crippen molar-refractivity contribution in [2.45, 2.75) is 19.4 Å². The number of methoxy groups -OCH3 is 1. The van der Waals surface area contributed by atoms with Crippen LogP contribution < -0.4 is 14.8 Å². The summed E-state index contributed by atoms with van der Waals surface area (Å²) in [6.45, 7) is 2.16. The van der Waals surface area contributed by atoms with Gasteiger partial charge < -0.3 is 14.8 Å². The number of para-hydroxylation sites is 1. The van der Waals surface area contributed by atoms with Crippen molar-refractivity contribution in [2.75, 3.05) is 13.7 Å². The molecule has 4 nitrogen and oxygen atoms in total. The zero-order chi connectivity index (χ0) is 17.5. The fourth-order valence-electron chi connectivity index (χ4n) is 2.19. The number of benzene rings is 2. The Morgan fingerprint density at radius 1 is 1.17 bits per heavy atom. The number of halogens is 2. The van der Waals surface area contributed by atoms with Gasteiger partial charge in [-0.2, -0.15) is 0 Å². The fraction of sp³-hybridized carbons (Fsp3) is 0.278. The van der Waals surface area contributed by atoms with Crippen LogP contribution in [0.1, 0.15) is 12.5 Å². The van der Waals surface area contributed by atoms with Crippen molar-refractivity contribution in [3.8, 4) is 11.5 Å². The molecule has 0 bridgehead atoms. The molecule has 128 valence electrons. The van der Waals surface area contributed by atoms with Crippen molar-refractivity contribution >= 4 is 29.1 Å². The molecular weight excluding hydrogens is 349 g/mol. The Labute approximate surface area is 151 Å². The van der Waals surface area contributed by atoms with Gasteiger partial charge >= 0.3 is 0 Å². The van der Waals surface area contributed by atoms with E-state index in [-0.39, 0.29) is 5.91 Å². The molecule has 2 aromatic rings. The van der Waals surface area contributed by atoms with Crippen molar-refractivity contribution in [1.29, 1.82) is 0 Å². The summed E-state index contributed by atoms with van der Waals surface area (Å²) in [7, 11) is 1.63. The second-order valence-corrected chi connectivity index (χ2v) is 6.03. The number of rotatable bonds is 7. The lowest BCUT2D eigenvalue weighted by Gasteiger charge is -2.16. The maximum atomic E-state index is 12.1. The summed E-state index contributed by atoms with van der Waals surface area (Å²) in [5, 5.41) is 3.73. The highest BCUT2D eigenvalue weighted by atomic mass is 35.5. The van der Waals surface area contributed by atoms with E-state index in [0.29, 0.717) is 28.8 Å². The van der Waals surface area contributed by atoms with E-state index in [9.17, 15) is 4.79 Å². The van der Waals surface area contributed by atoms with Crippen molar-refractivity contribution in [3.63, 3.8) is 0 Å². The van der Waals surface area contributed by atoms with Crippen LogP contribution in [0.25, 0.3) is 0 Å². The molecule has 6 heteroatoms. The average molecular weight is 368 g/mol. The van der Waals surface area contributed by atoms with Crippen LogP contribution in [0.15, 0.2) is 42.5 Å². The number of hydrogen-bond donors (Lipinski definition) is 1. The van der Waals surface area contributed by atoms with E-state index in [2.05, 4.69) is 5.32 Å². The lowest BCUT2D eigenvalue weighted by atomic mass is 10.1. The SMILES string of the molecule is COc1ccccc1CCNC(=O)C(C)Oc1ccc(Cl)cc1Cl. The molecule has 0 heterocycles. The third-order valence-electron chi connectivity index (χ3n) is 3.45. The first-order valence-corrected chi connectivity index (χ1v) is 8.28. The molecule has 0 aliphatic carbocycles. The summed E-state index contributed by atoms with van der Waals surface area (Å²) >= 11 is 11.9. The summed E-state index contributed by atoms with van der Waals surface area (Å²) in [6, 6.07) is 12.6. The molecular formula is C18H19Cl2NO3. The molecule has 1 atom stereocenters. The first kappa shape index (κ1) is 18.4. The lowest BCUT2D eigenvalue weighted by molar-refractivity contribution is -0.127. The molecule has 2 aromatic carbocycles. The van der Waals surface area contributed by atoms with Gasteiger partial charge in [-0.05, 0) is 43.2 Å². The quantitative estimate of drug-likeness (QED) is 0.800. The molecule has 1 unspecified atom stereocenters. The molecule has 0 aliphatic rings. The van der Waals surface area contributed by atoms with Crippen LogP contribution in [0.2, 0.25) is 10.0 Å². The number of nitrogens with one attached hydrogen (secondary N) is 1. The Bertz CT molecular complexity index is 706. The van der Waals surface area contributed by atoms with Gasteiger partial charge in [0.05, 0.1) is 12.1 Å². The maximum Gasteiger partial charge on any atom is 0.260 e. The summed E-state index contributed by atoms with van der Waals surface area (Å²) in [5.41, 5.74) is 1.04. The van der Waals surface area contributed by atoms with E-state index in [1.54, 1.807) is 32.2 Å². The fourth-order valence-corrected chi connectivity index (χ4v) is 2.64. The predicted molar refractivity (Wildman–Crippen MR) is 96.3 cm³/mol. The van der Waals surface area contributed by atoms with Crippen LogP contribution in [0.3, 0.4) is 0 Å². The number of hydrogen-bond acceptors (Lipinski definition) is 3. The van der Waals surface area contributed by atoms with Crippen molar-refractivity contribution < 1.29 is 14.3 Å².